The third-order valence-electron chi connectivity index (χ3n) is 3.29. The lowest BCUT2D eigenvalue weighted by molar-refractivity contribution is 0.491. The van der Waals surface area contributed by atoms with Crippen molar-refractivity contribution < 1.29 is 8.81 Å². The Hall–Kier alpha value is -1.68. The van der Waals surface area contributed by atoms with Crippen LogP contribution in [0.25, 0.3) is 11.3 Å². The molecule has 0 bridgehead atoms. The maximum atomic E-state index is 13.8. The molecule has 4 heteroatoms. The van der Waals surface area contributed by atoms with Gasteiger partial charge in [-0.25, -0.2) is 9.37 Å². The van der Waals surface area contributed by atoms with Gasteiger partial charge >= 0.3 is 0 Å². The molecule has 0 spiro atoms. The van der Waals surface area contributed by atoms with Gasteiger partial charge in [-0.1, -0.05) is 6.07 Å². The molecule has 2 aromatic rings. The van der Waals surface area contributed by atoms with Crippen LogP contribution in [0.1, 0.15) is 24.3 Å². The van der Waals surface area contributed by atoms with Crippen LogP contribution >= 0.6 is 0 Å². The molecule has 1 aromatic carbocycles. The van der Waals surface area contributed by atoms with E-state index in [1.54, 1.807) is 12.3 Å². The molecule has 1 aliphatic rings. The Morgan fingerprint density at radius 1 is 1.42 bits per heavy atom. The van der Waals surface area contributed by atoms with Gasteiger partial charge in [0, 0.05) is 19.0 Å². The molecule has 3 rings (SSSR count). The van der Waals surface area contributed by atoms with Crippen LogP contribution in [0.2, 0.25) is 0 Å². The molecule has 1 saturated carbocycles. The van der Waals surface area contributed by atoms with Gasteiger partial charge in [0.15, 0.2) is 11.7 Å². The van der Waals surface area contributed by atoms with Crippen molar-refractivity contribution in [3.63, 3.8) is 0 Å². The molecule has 0 radical (unpaired) electrons. The molecule has 1 N–H and O–H groups in total. The topological polar surface area (TPSA) is 38.1 Å². The van der Waals surface area contributed by atoms with Gasteiger partial charge in [0.25, 0.3) is 0 Å². The van der Waals surface area contributed by atoms with Gasteiger partial charge in [-0.05, 0) is 37.5 Å². The first kappa shape index (κ1) is 12.4. The van der Waals surface area contributed by atoms with Gasteiger partial charge in [-0.15, -0.1) is 0 Å². The van der Waals surface area contributed by atoms with E-state index >= 15 is 0 Å². The van der Waals surface area contributed by atoms with Gasteiger partial charge in [-0.3, -0.25) is 0 Å². The van der Waals surface area contributed by atoms with E-state index in [0.717, 1.165) is 18.5 Å². The summed E-state index contributed by atoms with van der Waals surface area (Å²) in [5, 5.41) is 3.40. The summed E-state index contributed by atoms with van der Waals surface area (Å²) in [7, 11) is 0. The Kier molecular flexibility index (Phi) is 3.34. The molecule has 0 amide bonds. The smallest absolute Gasteiger partial charge is 0.196 e. The van der Waals surface area contributed by atoms with Crippen LogP contribution < -0.4 is 5.32 Å². The lowest BCUT2D eigenvalue weighted by Crippen LogP contribution is -2.19. The predicted octanol–water partition coefficient (Wildman–Crippen LogP) is 3.08. The lowest BCUT2D eigenvalue weighted by Gasteiger charge is -2.01. The molecule has 1 heterocycles. The highest BCUT2D eigenvalue weighted by molar-refractivity contribution is 5.57. The van der Waals surface area contributed by atoms with Crippen LogP contribution in [0.15, 0.2) is 28.8 Å². The number of benzene rings is 1. The van der Waals surface area contributed by atoms with Crippen molar-refractivity contribution >= 4 is 0 Å². The van der Waals surface area contributed by atoms with Gasteiger partial charge in [0.1, 0.15) is 5.82 Å². The van der Waals surface area contributed by atoms with Crippen LogP contribution in [-0.2, 0) is 6.42 Å². The fourth-order valence-corrected chi connectivity index (χ4v) is 2.04. The van der Waals surface area contributed by atoms with E-state index < -0.39 is 0 Å². The molecule has 1 fully saturated rings. The SMILES string of the molecule is Cc1ccc(-c2cnc(CCNC3CC3)o2)c(F)c1. The summed E-state index contributed by atoms with van der Waals surface area (Å²) >= 11 is 0. The minimum atomic E-state index is -0.265. The number of rotatable bonds is 5. The molecular weight excluding hydrogens is 243 g/mol. The highest BCUT2D eigenvalue weighted by Gasteiger charge is 2.20. The van der Waals surface area contributed by atoms with E-state index in [2.05, 4.69) is 10.3 Å². The second-order valence-corrected chi connectivity index (χ2v) is 5.08. The van der Waals surface area contributed by atoms with E-state index in [-0.39, 0.29) is 5.82 Å². The standard InChI is InChI=1S/C15H17FN2O/c1-10-2-5-12(13(16)8-10)14-9-18-15(19-14)6-7-17-11-3-4-11/h2,5,8-9,11,17H,3-4,6-7H2,1H3. The molecule has 1 aromatic heterocycles. The molecule has 19 heavy (non-hydrogen) atoms. The molecular formula is C15H17FN2O. The van der Waals surface area contributed by atoms with Crippen molar-refractivity contribution in [3.05, 3.63) is 41.7 Å². The Balaban J connectivity index is 1.68. The Labute approximate surface area is 111 Å². The largest absolute Gasteiger partial charge is 0.441 e. The molecule has 0 aliphatic heterocycles. The van der Waals surface area contributed by atoms with E-state index in [1.807, 2.05) is 13.0 Å². The second kappa shape index (κ2) is 5.13. The zero-order valence-corrected chi connectivity index (χ0v) is 10.9. The maximum absolute atomic E-state index is 13.8. The first-order chi connectivity index (χ1) is 9.22. The number of nitrogens with one attached hydrogen (secondary N) is 1. The molecule has 100 valence electrons. The van der Waals surface area contributed by atoms with E-state index in [4.69, 9.17) is 4.42 Å². The fourth-order valence-electron chi connectivity index (χ4n) is 2.04. The quantitative estimate of drug-likeness (QED) is 0.897. The molecule has 0 unspecified atom stereocenters. The number of aromatic nitrogens is 1. The first-order valence-electron chi connectivity index (χ1n) is 6.67. The minimum Gasteiger partial charge on any atom is -0.441 e. The third-order valence-corrected chi connectivity index (χ3v) is 3.29. The van der Waals surface area contributed by atoms with Crippen molar-refractivity contribution in [3.8, 4) is 11.3 Å². The van der Waals surface area contributed by atoms with Crippen LogP contribution in [0.4, 0.5) is 4.39 Å². The van der Waals surface area contributed by atoms with E-state index in [9.17, 15) is 4.39 Å². The number of aryl methyl sites for hydroxylation is 1. The summed E-state index contributed by atoms with van der Waals surface area (Å²) < 4.78 is 19.4. The van der Waals surface area contributed by atoms with Crippen LogP contribution in [0, 0.1) is 12.7 Å². The third kappa shape index (κ3) is 3.01. The summed E-state index contributed by atoms with van der Waals surface area (Å²) in [6.07, 6.45) is 4.88. The van der Waals surface area contributed by atoms with Crippen molar-refractivity contribution in [1.29, 1.82) is 0 Å². The molecule has 1 aliphatic carbocycles. The first-order valence-corrected chi connectivity index (χ1v) is 6.67. The fraction of sp³-hybridized carbons (Fsp3) is 0.400. The maximum Gasteiger partial charge on any atom is 0.196 e. The van der Waals surface area contributed by atoms with Crippen LogP contribution in [0.3, 0.4) is 0 Å². The number of hydrogen-bond acceptors (Lipinski definition) is 3. The monoisotopic (exact) mass is 260 g/mol. The van der Waals surface area contributed by atoms with Crippen molar-refractivity contribution in [1.82, 2.24) is 10.3 Å². The summed E-state index contributed by atoms with van der Waals surface area (Å²) in [6.45, 7) is 2.73. The Morgan fingerprint density at radius 3 is 3.00 bits per heavy atom. The van der Waals surface area contributed by atoms with Crippen LogP contribution in [-0.4, -0.2) is 17.6 Å². The predicted molar refractivity (Wildman–Crippen MR) is 71.4 cm³/mol. The molecule has 0 atom stereocenters. The average molecular weight is 260 g/mol. The van der Waals surface area contributed by atoms with Gasteiger partial charge < -0.3 is 9.73 Å². The highest BCUT2D eigenvalue weighted by Crippen LogP contribution is 2.24. The summed E-state index contributed by atoms with van der Waals surface area (Å²) in [5.41, 5.74) is 1.37. The molecule has 3 nitrogen and oxygen atoms in total. The second-order valence-electron chi connectivity index (χ2n) is 5.08. The van der Waals surface area contributed by atoms with Gasteiger partial charge in [0.05, 0.1) is 11.8 Å². The summed E-state index contributed by atoms with van der Waals surface area (Å²) in [4.78, 5) is 4.20. The normalized spacial score (nSPS) is 14.8. The number of hydrogen-bond donors (Lipinski definition) is 1. The van der Waals surface area contributed by atoms with Crippen molar-refractivity contribution in [2.45, 2.75) is 32.2 Å². The molecule has 0 saturated heterocycles. The Bertz CT molecular complexity index is 575. The van der Waals surface area contributed by atoms with Gasteiger partial charge in [-0.2, -0.15) is 0 Å². The number of halogens is 1. The number of oxazole rings is 1. The average Bonchev–Trinajstić information content (AvgIpc) is 3.07. The summed E-state index contributed by atoms with van der Waals surface area (Å²) in [5.74, 6) is 0.890. The summed E-state index contributed by atoms with van der Waals surface area (Å²) in [6, 6.07) is 5.79. The zero-order valence-electron chi connectivity index (χ0n) is 10.9. The van der Waals surface area contributed by atoms with Gasteiger partial charge in [0.2, 0.25) is 0 Å². The minimum absolute atomic E-state index is 0.265. The number of nitrogens with zero attached hydrogens (tertiary/aromatic N) is 1. The van der Waals surface area contributed by atoms with Crippen molar-refractivity contribution in [2.75, 3.05) is 6.54 Å². The Morgan fingerprint density at radius 2 is 2.26 bits per heavy atom. The zero-order chi connectivity index (χ0) is 13.2. The highest BCUT2D eigenvalue weighted by atomic mass is 19.1. The lowest BCUT2D eigenvalue weighted by atomic mass is 10.1. The van der Waals surface area contributed by atoms with E-state index in [0.29, 0.717) is 23.3 Å². The van der Waals surface area contributed by atoms with Crippen molar-refractivity contribution in [2.24, 2.45) is 0 Å². The van der Waals surface area contributed by atoms with Crippen LogP contribution in [0.5, 0.6) is 0 Å². The van der Waals surface area contributed by atoms with E-state index in [1.165, 1.54) is 18.9 Å².